The van der Waals surface area contributed by atoms with E-state index in [2.05, 4.69) is 30.6 Å². The Bertz CT molecular complexity index is 4260. The van der Waals surface area contributed by atoms with Crippen LogP contribution in [-0.2, 0) is 115 Å². The Morgan fingerprint density at radius 3 is 2.12 bits per heavy atom. The molecular formula is C89H134N12O23. The number of aryl methyl sites for hydroxylation is 1. The number of fused-ring (bicyclic) bond motifs is 5. The molecular weight excluding hydrogens is 1610 g/mol. The van der Waals surface area contributed by atoms with Crippen molar-refractivity contribution >= 4 is 69.1 Å². The van der Waals surface area contributed by atoms with E-state index in [0.29, 0.717) is 221 Å². The summed E-state index contributed by atoms with van der Waals surface area (Å²) in [6.45, 7) is 20.7. The number of cyclic esters (lactones) is 1. The number of aliphatic hydroxyl groups excluding tert-OH is 1. The van der Waals surface area contributed by atoms with Gasteiger partial charge in [-0.2, -0.15) is 10.1 Å². The monoisotopic (exact) mass is 1740 g/mol. The Labute approximate surface area is 726 Å². The minimum atomic E-state index is -2.47. The van der Waals surface area contributed by atoms with Crippen molar-refractivity contribution in [2.75, 3.05) is 152 Å². The van der Waals surface area contributed by atoms with E-state index in [1.807, 2.05) is 76.4 Å². The number of unbranched alkanes of at least 4 members (excludes halogenated alkanes) is 1. The third-order valence-corrected chi connectivity index (χ3v) is 23.4. The van der Waals surface area contributed by atoms with Crippen molar-refractivity contribution in [1.82, 2.24) is 49.9 Å². The summed E-state index contributed by atoms with van der Waals surface area (Å²) >= 11 is 0. The summed E-state index contributed by atoms with van der Waals surface area (Å²) in [7, 11) is 4.61. The summed E-state index contributed by atoms with van der Waals surface area (Å²) in [6.07, 6.45) is 16.3. The van der Waals surface area contributed by atoms with Gasteiger partial charge in [0, 0.05) is 83.5 Å². The summed E-state index contributed by atoms with van der Waals surface area (Å²) < 4.78 is 90.8. The Kier molecular flexibility index (Phi) is 41.9. The smallest absolute Gasteiger partial charge is 0.329 e. The Morgan fingerprint density at radius 2 is 1.43 bits per heavy atom. The number of allylic oxidation sites excluding steroid dienone is 6. The number of piperidine rings is 1. The molecule has 5 aromatic rings. The SMILES string of the molecule is CO[C@H]1C[C@@H]2CC[C@@H](C)[C@@](O)(O2)C(=O)C(=O)N2CCCC[C@H]2C(=O)O[C@H]([C@H](C)C[C@@H]2CC[C@@H](OCCOCc3cn(CCOCCOCCOCCOCCOCCOCCOCCC(=O)NCCCCn4nc(-c5ccc6oc(N)nc6c5)c5c(N)ncnc54)nn3)[C@H](OC)C2)CC(=O)[C@H](C)/C=C(\C)[C@@H](O)[C@@H](OC)C(=O)[C@H](C)C[C@H](C)/C=C/C=C/C=C/1C. The quantitative estimate of drug-likeness (QED) is 0.0106. The molecule has 1 aliphatic carbocycles. The average Bonchev–Trinajstić information content (AvgIpc) is 1.36. The summed E-state index contributed by atoms with van der Waals surface area (Å²) in [5, 5.41) is 40.7. The molecule has 0 radical (unpaired) electrons. The van der Waals surface area contributed by atoms with E-state index in [-0.39, 0.29) is 92.5 Å². The lowest BCUT2D eigenvalue weighted by atomic mass is 9.78. The van der Waals surface area contributed by atoms with E-state index in [4.69, 9.17) is 87.3 Å². The first kappa shape index (κ1) is 99.5. The zero-order valence-electron chi connectivity index (χ0n) is 74.0. The van der Waals surface area contributed by atoms with E-state index in [0.717, 1.165) is 30.4 Å². The topological polar surface area (TPSA) is 440 Å². The van der Waals surface area contributed by atoms with Gasteiger partial charge < -0.3 is 103 Å². The lowest BCUT2D eigenvalue weighted by Gasteiger charge is -2.42. The zero-order chi connectivity index (χ0) is 88.9. The van der Waals surface area contributed by atoms with E-state index in [9.17, 15) is 39.0 Å². The predicted octanol–water partition coefficient (Wildman–Crippen LogP) is 8.23. The molecule has 124 heavy (non-hydrogen) atoms. The van der Waals surface area contributed by atoms with Gasteiger partial charge in [0.2, 0.25) is 11.7 Å². The molecule has 2 amide bonds. The summed E-state index contributed by atoms with van der Waals surface area (Å²) in [4.78, 5) is 98.7. The molecule has 3 fully saturated rings. The minimum Gasteiger partial charge on any atom is -0.460 e. The molecule has 35 heteroatoms. The highest BCUT2D eigenvalue weighted by Gasteiger charge is 2.53. The zero-order valence-corrected chi connectivity index (χ0v) is 74.0. The van der Waals surface area contributed by atoms with Gasteiger partial charge in [0.15, 0.2) is 17.0 Å². The number of ether oxygens (including phenoxy) is 14. The van der Waals surface area contributed by atoms with Gasteiger partial charge in [-0.05, 0) is 138 Å². The van der Waals surface area contributed by atoms with Gasteiger partial charge in [0.25, 0.3) is 17.7 Å². The Balaban J connectivity index is 0.602. The van der Waals surface area contributed by atoms with Crippen LogP contribution in [0.15, 0.2) is 82.7 Å². The third-order valence-electron chi connectivity index (χ3n) is 23.4. The fourth-order valence-electron chi connectivity index (χ4n) is 16.2. The van der Waals surface area contributed by atoms with Crippen LogP contribution in [0.3, 0.4) is 0 Å². The molecule has 0 unspecified atom stereocenters. The molecule has 9 rings (SSSR count). The lowest BCUT2D eigenvalue weighted by Crippen LogP contribution is -2.61. The maximum Gasteiger partial charge on any atom is 0.329 e. The molecule has 3 aliphatic heterocycles. The number of hydrogen-bond acceptors (Lipinski definition) is 31. The summed E-state index contributed by atoms with van der Waals surface area (Å²) in [5.41, 5.74) is 17.1. The van der Waals surface area contributed by atoms with E-state index >= 15 is 0 Å². The molecule has 4 aliphatic rings. The number of aliphatic hydroxyl groups is 2. The van der Waals surface area contributed by atoms with Gasteiger partial charge in [-0.25, -0.2) is 24.1 Å². The van der Waals surface area contributed by atoms with Gasteiger partial charge >= 0.3 is 5.97 Å². The second-order valence-corrected chi connectivity index (χ2v) is 32.8. The first-order valence-electron chi connectivity index (χ1n) is 43.9. The summed E-state index contributed by atoms with van der Waals surface area (Å²) in [5.74, 6) is -8.08. The number of amides is 2. The minimum absolute atomic E-state index is 0.00906. The highest BCUT2D eigenvalue weighted by molar-refractivity contribution is 6.39. The number of methoxy groups -OCH3 is 3. The van der Waals surface area contributed by atoms with Crippen LogP contribution in [0.5, 0.6) is 0 Å². The lowest BCUT2D eigenvalue weighted by molar-refractivity contribution is -0.265. The Morgan fingerprint density at radius 1 is 0.734 bits per heavy atom. The number of esters is 1. The molecule has 1 aromatic carbocycles. The molecule has 1 saturated carbocycles. The van der Waals surface area contributed by atoms with Gasteiger partial charge in [-0.3, -0.25) is 24.0 Å². The van der Waals surface area contributed by atoms with Crippen molar-refractivity contribution in [1.29, 1.82) is 0 Å². The number of carbonyl (C=O) groups excluding carboxylic acids is 6. The molecule has 35 nitrogen and oxygen atoms in total. The molecule has 15 atom stereocenters. The van der Waals surface area contributed by atoms with Crippen LogP contribution in [0, 0.1) is 35.5 Å². The third kappa shape index (κ3) is 30.5. The van der Waals surface area contributed by atoms with Gasteiger partial charge in [0.05, 0.1) is 155 Å². The van der Waals surface area contributed by atoms with Crippen LogP contribution in [0.1, 0.15) is 150 Å². The fraction of sp³-hybridized carbons (Fsp3) is 0.685. The highest BCUT2D eigenvalue weighted by atomic mass is 16.6. The van der Waals surface area contributed by atoms with Gasteiger partial charge in [-0.15, -0.1) is 5.10 Å². The van der Waals surface area contributed by atoms with Crippen molar-refractivity contribution in [2.45, 2.75) is 219 Å². The number of nitrogen functional groups attached to an aromatic ring is 2. The van der Waals surface area contributed by atoms with Crippen LogP contribution >= 0.6 is 0 Å². The number of ketones is 3. The number of anilines is 2. The number of nitrogens with one attached hydrogen (secondary N) is 1. The number of benzene rings is 1. The van der Waals surface area contributed by atoms with Crippen molar-refractivity contribution < 1.29 is 110 Å². The molecule has 2 bridgehead atoms. The van der Waals surface area contributed by atoms with Crippen LogP contribution in [0.2, 0.25) is 0 Å². The van der Waals surface area contributed by atoms with E-state index in [1.54, 1.807) is 56.5 Å². The van der Waals surface area contributed by atoms with Crippen molar-refractivity contribution in [3.05, 3.63) is 84.0 Å². The van der Waals surface area contributed by atoms with Crippen LogP contribution in [0.25, 0.3) is 33.4 Å². The normalized spacial score (nSPS) is 26.9. The van der Waals surface area contributed by atoms with Crippen LogP contribution in [0.4, 0.5) is 11.8 Å². The van der Waals surface area contributed by atoms with E-state index < -0.39 is 77.8 Å². The molecule has 7 heterocycles. The number of nitrogens with two attached hydrogens (primary N) is 2. The molecule has 7 N–H and O–H groups in total. The standard InChI is InChI=1S/C89H134N12O23/c1-58-18-12-11-13-19-59(2)74(110-8)53-68-24-21-64(7)89(109,124-68)83(106)86(107)100-29-16-14-20-70(100)87(108)122-75(54-71(102)60(3)49-63(6)81(105)82(112-10)80(104)62(5)48-58)61(4)50-65-22-25-73(76(51-65)111-9)121-47-46-120-56-67-55-99(98-96-67)31-33-114-35-37-116-39-41-118-43-45-119-44-42-117-40-38-115-36-34-113-32-27-77(103)92-28-15-17-30-101-85-78(84(90)93-57-94-85)79(97-101)66-23-26-72-69(52-66)95-88(91)123-72/h11-13,18-19,23,26,49,52,55,57-58,60-62,64-65,68,70,73-76,81-82,105,109H,14-17,20-22,24-25,27-48,50-51,53-54,56H2,1-10H3,(H2,91,95)(H,92,103)(H2,90,93,94)/b13-11+,18-12+,59-19+,63-49+/t58-,60-,61-,62-,64-,65+,68+,70+,73-,74+,75+,76-,81-,82+,89-/m1/s1. The van der Waals surface area contributed by atoms with Crippen molar-refractivity contribution in [3.8, 4) is 11.3 Å². The molecule has 0 spiro atoms. The number of Topliss-reactive ketones (excluding diaryl/α,β-unsaturated/α-hetero) is 3. The average molecular weight is 1740 g/mol. The second-order valence-electron chi connectivity index (χ2n) is 32.8. The first-order valence-corrected chi connectivity index (χ1v) is 43.9. The number of aromatic nitrogens is 8. The molecule has 4 aromatic heterocycles. The van der Waals surface area contributed by atoms with Gasteiger partial charge in [-0.1, -0.05) is 76.3 Å². The summed E-state index contributed by atoms with van der Waals surface area (Å²) in [6, 6.07) is 4.39. The highest BCUT2D eigenvalue weighted by Crippen LogP contribution is 2.39. The number of nitrogens with zero attached hydrogens (tertiary/aromatic N) is 9. The predicted molar refractivity (Wildman–Crippen MR) is 458 cm³/mol. The van der Waals surface area contributed by atoms with Crippen LogP contribution < -0.4 is 16.8 Å². The largest absolute Gasteiger partial charge is 0.460 e. The van der Waals surface area contributed by atoms with Gasteiger partial charge in [0.1, 0.15) is 59.2 Å². The number of carbonyl (C=O) groups is 6. The second kappa shape index (κ2) is 52.1. The number of hydrogen-bond donors (Lipinski definition) is 5. The van der Waals surface area contributed by atoms with Crippen LogP contribution in [-0.4, -0.2) is 285 Å². The maximum absolute atomic E-state index is 14.8. The molecule has 2 saturated heterocycles. The maximum atomic E-state index is 14.8. The van der Waals surface area contributed by atoms with Crippen molar-refractivity contribution in [3.63, 3.8) is 0 Å². The molecule has 688 valence electrons. The number of rotatable bonds is 42. The Hall–Kier alpha value is -8.24. The van der Waals surface area contributed by atoms with Crippen molar-refractivity contribution in [2.24, 2.45) is 35.5 Å². The van der Waals surface area contributed by atoms with E-state index in [1.165, 1.54) is 18.3 Å². The number of oxazole rings is 1. The first-order chi connectivity index (χ1) is 59.9. The fourth-order valence-corrected chi connectivity index (χ4v) is 16.2.